The lowest BCUT2D eigenvalue weighted by Crippen LogP contribution is -2.43. The molecule has 0 saturated carbocycles. The van der Waals surface area contributed by atoms with E-state index in [1.165, 1.54) is 0 Å². The summed E-state index contributed by atoms with van der Waals surface area (Å²) in [5.41, 5.74) is 0.887. The Bertz CT molecular complexity index is 800. The molecule has 2 rings (SSSR count). The molecule has 2 aromatic rings. The van der Waals surface area contributed by atoms with Gasteiger partial charge in [-0.15, -0.1) is 0 Å². The summed E-state index contributed by atoms with van der Waals surface area (Å²) in [5, 5.41) is 2.13. The molecule has 0 aliphatic rings. The largest absolute Gasteiger partial charge is 0.445 e. The van der Waals surface area contributed by atoms with Crippen LogP contribution in [0.4, 0.5) is 4.79 Å². The number of carbonyl (C=O) groups excluding carboxylic acids is 1. The summed E-state index contributed by atoms with van der Waals surface area (Å²) in [6.07, 6.45) is -0.608. The lowest BCUT2D eigenvalue weighted by atomic mass is 10.2. The van der Waals surface area contributed by atoms with Crippen LogP contribution in [0.2, 0.25) is 0 Å². The molecule has 28 heavy (non-hydrogen) atoms. The number of amides is 1. The molecule has 2 unspecified atom stereocenters. The van der Waals surface area contributed by atoms with Crippen molar-refractivity contribution in [1.82, 2.24) is 5.32 Å². The van der Waals surface area contributed by atoms with Gasteiger partial charge in [-0.2, -0.15) is 0 Å². The van der Waals surface area contributed by atoms with Gasteiger partial charge in [0.1, 0.15) is 18.1 Å². The molecule has 6 heteroatoms. The highest BCUT2D eigenvalue weighted by molar-refractivity contribution is 7.61. The summed E-state index contributed by atoms with van der Waals surface area (Å²) in [6, 6.07) is 18.5. The van der Waals surface area contributed by atoms with E-state index >= 15 is 0 Å². The van der Waals surface area contributed by atoms with Gasteiger partial charge in [0.25, 0.3) is 7.37 Å². The van der Waals surface area contributed by atoms with Gasteiger partial charge in [-0.05, 0) is 44.4 Å². The first-order chi connectivity index (χ1) is 13.1. The number of nitrogens with one attached hydrogen (secondary N) is 1. The fourth-order valence-corrected chi connectivity index (χ4v) is 5.50. The number of carbonyl (C=O) groups is 1. The van der Waals surface area contributed by atoms with Gasteiger partial charge in [0.15, 0.2) is 0 Å². The van der Waals surface area contributed by atoms with Gasteiger partial charge in [-0.25, -0.2) is 4.79 Å². The van der Waals surface area contributed by atoms with E-state index in [0.29, 0.717) is 5.75 Å². The minimum Gasteiger partial charge on any atom is -0.445 e. The summed E-state index contributed by atoms with van der Waals surface area (Å²) in [5.74, 6) is -0.278. The smallest absolute Gasteiger partial charge is 0.408 e. The van der Waals surface area contributed by atoms with Crippen molar-refractivity contribution in [1.29, 1.82) is 0 Å². The van der Waals surface area contributed by atoms with Crippen LogP contribution in [0.5, 0.6) is 5.75 Å². The molecular weight excluding hydrogens is 373 g/mol. The van der Waals surface area contributed by atoms with Gasteiger partial charge >= 0.3 is 6.09 Å². The topological polar surface area (TPSA) is 64.6 Å². The van der Waals surface area contributed by atoms with Crippen LogP contribution in [0.25, 0.3) is 0 Å². The van der Waals surface area contributed by atoms with Gasteiger partial charge in [-0.3, -0.25) is 4.57 Å². The van der Waals surface area contributed by atoms with Gasteiger partial charge in [0.05, 0.1) is 5.16 Å². The maximum absolute atomic E-state index is 14.1. The zero-order valence-electron chi connectivity index (χ0n) is 17.2. The number of ether oxygens (including phenoxy) is 1. The predicted molar refractivity (Wildman–Crippen MR) is 113 cm³/mol. The molecule has 2 aromatic carbocycles. The first kappa shape index (κ1) is 22.0. The van der Waals surface area contributed by atoms with Gasteiger partial charge in [-0.1, -0.05) is 62.4 Å². The standard InChI is InChI=1S/C22H30NO4P/c1-17(2)20(23-21(24)26-16-18-12-8-6-9-13-18)28(25,22(3,4)5)27-19-14-10-7-11-15-19/h6-15,17,20H,16H2,1-5H3,(H,23,24). The molecule has 1 N–H and O–H groups in total. The molecule has 0 heterocycles. The molecule has 0 saturated heterocycles. The predicted octanol–water partition coefficient (Wildman–Crippen LogP) is 6.05. The molecule has 0 bridgehead atoms. The fraction of sp³-hybridized carbons (Fsp3) is 0.409. The summed E-state index contributed by atoms with van der Waals surface area (Å²) < 4.78 is 25.4. The summed E-state index contributed by atoms with van der Waals surface area (Å²) in [7, 11) is -3.35. The molecule has 0 aromatic heterocycles. The maximum Gasteiger partial charge on any atom is 0.408 e. The lowest BCUT2D eigenvalue weighted by molar-refractivity contribution is 0.136. The second-order valence-corrected chi connectivity index (χ2v) is 11.3. The van der Waals surface area contributed by atoms with Crippen molar-refractivity contribution in [2.75, 3.05) is 0 Å². The van der Waals surface area contributed by atoms with Crippen molar-refractivity contribution in [2.45, 2.75) is 52.2 Å². The van der Waals surface area contributed by atoms with Crippen LogP contribution in [0.15, 0.2) is 60.7 Å². The second kappa shape index (κ2) is 9.29. The van der Waals surface area contributed by atoms with Crippen LogP contribution in [0, 0.1) is 5.92 Å². The van der Waals surface area contributed by atoms with Crippen molar-refractivity contribution < 1.29 is 18.6 Å². The zero-order valence-corrected chi connectivity index (χ0v) is 18.1. The van der Waals surface area contributed by atoms with Crippen molar-refractivity contribution in [2.24, 2.45) is 5.92 Å². The Balaban J connectivity index is 2.19. The van der Waals surface area contributed by atoms with E-state index in [0.717, 1.165) is 5.56 Å². The SMILES string of the molecule is CC(C)C(NC(=O)OCc1ccccc1)P(=O)(Oc1ccccc1)C(C)(C)C. The van der Waals surface area contributed by atoms with Gasteiger partial charge < -0.3 is 14.6 Å². The minimum atomic E-state index is -3.35. The first-order valence-corrected chi connectivity index (χ1v) is 11.1. The molecule has 1 amide bonds. The number of para-hydroxylation sites is 1. The molecule has 2 atom stereocenters. The normalized spacial score (nSPS) is 14.8. The average molecular weight is 403 g/mol. The number of benzene rings is 2. The van der Waals surface area contributed by atoms with E-state index in [1.54, 1.807) is 12.1 Å². The van der Waals surface area contributed by atoms with E-state index in [-0.39, 0.29) is 12.5 Å². The average Bonchev–Trinajstić information content (AvgIpc) is 2.65. The Hall–Kier alpha value is -2.26. The molecule has 152 valence electrons. The molecule has 0 spiro atoms. The summed E-state index contributed by atoms with van der Waals surface area (Å²) in [6.45, 7) is 9.57. The minimum absolute atomic E-state index is 0.113. The monoisotopic (exact) mass is 403 g/mol. The number of rotatable bonds is 7. The van der Waals surface area contributed by atoms with Crippen LogP contribution >= 0.6 is 7.37 Å². The van der Waals surface area contributed by atoms with Crippen molar-refractivity contribution in [3.63, 3.8) is 0 Å². The molecule has 0 aliphatic heterocycles. The quantitative estimate of drug-likeness (QED) is 0.572. The number of hydrogen-bond acceptors (Lipinski definition) is 4. The second-order valence-electron chi connectivity index (χ2n) is 8.07. The van der Waals surface area contributed by atoms with Crippen LogP contribution in [0.3, 0.4) is 0 Å². The third kappa shape index (κ3) is 5.62. The van der Waals surface area contributed by atoms with E-state index in [4.69, 9.17) is 9.26 Å². The fourth-order valence-electron chi connectivity index (χ4n) is 2.78. The Morgan fingerprint density at radius 3 is 2.04 bits per heavy atom. The maximum atomic E-state index is 14.1. The van der Waals surface area contributed by atoms with Crippen molar-refractivity contribution in [3.8, 4) is 5.75 Å². The van der Waals surface area contributed by atoms with Crippen LogP contribution < -0.4 is 9.84 Å². The van der Waals surface area contributed by atoms with Crippen LogP contribution in [-0.2, 0) is 15.9 Å². The summed E-state index contributed by atoms with van der Waals surface area (Å²) in [4.78, 5) is 12.4. The van der Waals surface area contributed by atoms with Crippen LogP contribution in [-0.4, -0.2) is 17.0 Å². The Labute approximate surface area is 167 Å². The number of hydrogen-bond donors (Lipinski definition) is 1. The van der Waals surface area contributed by atoms with E-state index in [2.05, 4.69) is 5.32 Å². The summed E-state index contributed by atoms with van der Waals surface area (Å²) >= 11 is 0. The highest BCUT2D eigenvalue weighted by atomic mass is 31.2. The van der Waals surface area contributed by atoms with Crippen molar-refractivity contribution >= 4 is 13.5 Å². The van der Waals surface area contributed by atoms with E-state index in [1.807, 2.05) is 83.1 Å². The van der Waals surface area contributed by atoms with Gasteiger partial charge in [0.2, 0.25) is 0 Å². The molecular formula is C22H30NO4P. The van der Waals surface area contributed by atoms with E-state index in [9.17, 15) is 9.36 Å². The first-order valence-electron chi connectivity index (χ1n) is 9.45. The lowest BCUT2D eigenvalue weighted by Gasteiger charge is -2.38. The molecule has 0 aliphatic carbocycles. The highest BCUT2D eigenvalue weighted by Crippen LogP contribution is 2.62. The third-order valence-corrected chi connectivity index (χ3v) is 8.21. The molecule has 5 nitrogen and oxygen atoms in total. The molecule has 0 fully saturated rings. The third-order valence-electron chi connectivity index (χ3n) is 4.40. The van der Waals surface area contributed by atoms with Gasteiger partial charge in [0, 0.05) is 0 Å². The highest BCUT2D eigenvalue weighted by Gasteiger charge is 2.48. The Morgan fingerprint density at radius 2 is 1.54 bits per heavy atom. The zero-order chi connectivity index (χ0) is 20.8. The van der Waals surface area contributed by atoms with E-state index < -0.39 is 24.4 Å². The molecule has 0 radical (unpaired) electrons. The van der Waals surface area contributed by atoms with Crippen LogP contribution in [0.1, 0.15) is 40.2 Å². The van der Waals surface area contributed by atoms with Crippen molar-refractivity contribution in [3.05, 3.63) is 66.2 Å². The Kier molecular flexibility index (Phi) is 7.31. The number of alkyl carbamates (subject to hydrolysis) is 1. The Morgan fingerprint density at radius 1 is 1.00 bits per heavy atom.